The molecule has 2 aliphatic rings. The van der Waals surface area contributed by atoms with E-state index in [4.69, 9.17) is 0 Å². The van der Waals surface area contributed by atoms with E-state index in [1.165, 1.54) is 31.5 Å². The second-order valence-electron chi connectivity index (χ2n) is 4.97. The Morgan fingerprint density at radius 2 is 2.47 bits per heavy atom. The van der Waals surface area contributed by atoms with Gasteiger partial charge in [-0.2, -0.15) is 5.10 Å². The van der Waals surface area contributed by atoms with Crippen LogP contribution in [0.1, 0.15) is 37.8 Å². The van der Waals surface area contributed by atoms with Gasteiger partial charge in [0.15, 0.2) is 0 Å². The molecule has 1 spiro atoms. The van der Waals surface area contributed by atoms with Gasteiger partial charge in [-0.3, -0.25) is 4.68 Å². The summed E-state index contributed by atoms with van der Waals surface area (Å²) < 4.78 is 2.16. The average molecular weight is 205 g/mol. The van der Waals surface area contributed by atoms with Crippen LogP contribution in [0.3, 0.4) is 0 Å². The van der Waals surface area contributed by atoms with Crippen molar-refractivity contribution in [2.45, 2.75) is 38.6 Å². The maximum atomic E-state index is 4.39. The van der Waals surface area contributed by atoms with Crippen LogP contribution in [0.2, 0.25) is 0 Å². The quantitative estimate of drug-likeness (QED) is 0.797. The number of rotatable bonds is 2. The lowest BCUT2D eigenvalue weighted by Gasteiger charge is -2.42. The van der Waals surface area contributed by atoms with Gasteiger partial charge >= 0.3 is 0 Å². The van der Waals surface area contributed by atoms with E-state index in [0.717, 1.165) is 13.1 Å². The highest BCUT2D eigenvalue weighted by Gasteiger charge is 2.48. The number of aromatic nitrogens is 2. The molecule has 0 aromatic carbocycles. The predicted molar refractivity (Wildman–Crippen MR) is 59.8 cm³/mol. The van der Waals surface area contributed by atoms with Crippen LogP contribution in [0.4, 0.5) is 0 Å². The lowest BCUT2D eigenvalue weighted by molar-refractivity contribution is 0.133. The van der Waals surface area contributed by atoms with Crippen molar-refractivity contribution in [1.82, 2.24) is 15.1 Å². The monoisotopic (exact) mass is 205 g/mol. The molecular weight excluding hydrogens is 186 g/mol. The van der Waals surface area contributed by atoms with Gasteiger partial charge < -0.3 is 5.32 Å². The van der Waals surface area contributed by atoms with Gasteiger partial charge in [-0.1, -0.05) is 6.42 Å². The van der Waals surface area contributed by atoms with E-state index in [0.29, 0.717) is 11.3 Å². The minimum atomic E-state index is 0.576. The van der Waals surface area contributed by atoms with Crippen LogP contribution in [0.15, 0.2) is 12.3 Å². The number of aryl methyl sites for hydroxylation is 1. The molecule has 1 atom stereocenters. The first-order valence-electron chi connectivity index (χ1n) is 6.08. The molecule has 0 unspecified atom stereocenters. The fourth-order valence-corrected chi connectivity index (χ4v) is 3.28. The second kappa shape index (κ2) is 3.34. The van der Waals surface area contributed by atoms with Crippen LogP contribution < -0.4 is 5.32 Å². The van der Waals surface area contributed by atoms with E-state index in [-0.39, 0.29) is 0 Å². The lowest BCUT2D eigenvalue weighted by atomic mass is 9.62. The first-order valence-corrected chi connectivity index (χ1v) is 6.08. The Morgan fingerprint density at radius 1 is 1.60 bits per heavy atom. The molecule has 1 aromatic rings. The van der Waals surface area contributed by atoms with Crippen LogP contribution in [0.25, 0.3) is 0 Å². The summed E-state index contributed by atoms with van der Waals surface area (Å²) in [5.74, 6) is 0.702. The van der Waals surface area contributed by atoms with Gasteiger partial charge in [0, 0.05) is 37.4 Å². The maximum absolute atomic E-state index is 4.39. The molecule has 15 heavy (non-hydrogen) atoms. The second-order valence-corrected chi connectivity index (χ2v) is 4.97. The SMILES string of the molecule is CCn1nccc1[C@@H]1CNCC12CCC2. The van der Waals surface area contributed by atoms with Gasteiger partial charge in [0.1, 0.15) is 0 Å². The Balaban J connectivity index is 1.93. The third-order valence-electron chi connectivity index (χ3n) is 4.32. The smallest absolute Gasteiger partial charge is 0.0492 e. The first-order chi connectivity index (χ1) is 7.36. The summed E-state index contributed by atoms with van der Waals surface area (Å²) in [6.45, 7) is 5.53. The predicted octanol–water partition coefficient (Wildman–Crippen LogP) is 1.76. The maximum Gasteiger partial charge on any atom is 0.0492 e. The molecule has 1 aliphatic carbocycles. The molecule has 1 saturated heterocycles. The largest absolute Gasteiger partial charge is 0.315 e. The number of hydrogen-bond acceptors (Lipinski definition) is 2. The lowest BCUT2D eigenvalue weighted by Crippen LogP contribution is -2.36. The van der Waals surface area contributed by atoms with E-state index >= 15 is 0 Å². The van der Waals surface area contributed by atoms with Crippen molar-refractivity contribution in [3.63, 3.8) is 0 Å². The number of hydrogen-bond donors (Lipinski definition) is 1. The summed E-state index contributed by atoms with van der Waals surface area (Å²) >= 11 is 0. The fraction of sp³-hybridized carbons (Fsp3) is 0.750. The summed E-state index contributed by atoms with van der Waals surface area (Å²) in [6, 6.07) is 2.21. The summed E-state index contributed by atoms with van der Waals surface area (Å²) in [4.78, 5) is 0. The average Bonchev–Trinajstić information content (AvgIpc) is 2.81. The molecule has 0 bridgehead atoms. The molecule has 0 amide bonds. The first kappa shape index (κ1) is 9.40. The van der Waals surface area contributed by atoms with Crippen molar-refractivity contribution in [3.05, 3.63) is 18.0 Å². The van der Waals surface area contributed by atoms with Crippen molar-refractivity contribution in [3.8, 4) is 0 Å². The zero-order chi connectivity index (χ0) is 10.3. The van der Waals surface area contributed by atoms with Crippen molar-refractivity contribution in [2.75, 3.05) is 13.1 Å². The van der Waals surface area contributed by atoms with Gasteiger partial charge in [-0.05, 0) is 31.2 Å². The van der Waals surface area contributed by atoms with Crippen molar-refractivity contribution >= 4 is 0 Å². The van der Waals surface area contributed by atoms with Crippen molar-refractivity contribution < 1.29 is 0 Å². The van der Waals surface area contributed by atoms with Gasteiger partial charge in [-0.15, -0.1) is 0 Å². The van der Waals surface area contributed by atoms with E-state index < -0.39 is 0 Å². The summed E-state index contributed by atoms with van der Waals surface area (Å²) in [5, 5.41) is 7.96. The summed E-state index contributed by atoms with van der Waals surface area (Å²) in [6.07, 6.45) is 6.17. The van der Waals surface area contributed by atoms with Crippen LogP contribution in [-0.4, -0.2) is 22.9 Å². The molecule has 3 nitrogen and oxygen atoms in total. The Kier molecular flexibility index (Phi) is 2.09. The molecule has 2 fully saturated rings. The van der Waals surface area contributed by atoms with Gasteiger partial charge in [-0.25, -0.2) is 0 Å². The Hall–Kier alpha value is -0.830. The zero-order valence-corrected chi connectivity index (χ0v) is 9.37. The molecule has 82 valence electrons. The molecule has 1 N–H and O–H groups in total. The minimum Gasteiger partial charge on any atom is -0.315 e. The van der Waals surface area contributed by atoms with Crippen LogP contribution in [-0.2, 0) is 6.54 Å². The summed E-state index contributed by atoms with van der Waals surface area (Å²) in [5.41, 5.74) is 2.02. The van der Waals surface area contributed by atoms with Gasteiger partial charge in [0.25, 0.3) is 0 Å². The van der Waals surface area contributed by atoms with Gasteiger partial charge in [0.2, 0.25) is 0 Å². The third kappa shape index (κ3) is 1.26. The highest BCUT2D eigenvalue weighted by Crippen LogP contribution is 2.53. The number of nitrogens with zero attached hydrogens (tertiary/aromatic N) is 2. The van der Waals surface area contributed by atoms with Crippen molar-refractivity contribution in [1.29, 1.82) is 0 Å². The molecule has 3 rings (SSSR count). The molecule has 1 aliphatic heterocycles. The molecule has 1 aromatic heterocycles. The standard InChI is InChI=1S/C12H19N3/c1-2-15-11(4-7-14-15)10-8-13-9-12(10)5-3-6-12/h4,7,10,13H,2-3,5-6,8-9H2,1H3/t10-/m0/s1. The molecule has 2 heterocycles. The minimum absolute atomic E-state index is 0.576. The van der Waals surface area contributed by atoms with Crippen molar-refractivity contribution in [2.24, 2.45) is 5.41 Å². The highest BCUT2D eigenvalue weighted by molar-refractivity contribution is 5.19. The Labute approximate surface area is 90.9 Å². The van der Waals surface area contributed by atoms with E-state index in [2.05, 4.69) is 28.1 Å². The normalized spacial score (nSPS) is 28.2. The molecule has 3 heteroatoms. The third-order valence-corrected chi connectivity index (χ3v) is 4.32. The highest BCUT2D eigenvalue weighted by atomic mass is 15.3. The fourth-order valence-electron chi connectivity index (χ4n) is 3.28. The van der Waals surface area contributed by atoms with Crippen LogP contribution in [0.5, 0.6) is 0 Å². The Bertz CT molecular complexity index is 352. The molecule has 1 saturated carbocycles. The topological polar surface area (TPSA) is 29.9 Å². The van der Waals surface area contributed by atoms with E-state index in [9.17, 15) is 0 Å². The zero-order valence-electron chi connectivity index (χ0n) is 9.37. The van der Waals surface area contributed by atoms with E-state index in [1.54, 1.807) is 0 Å². The van der Waals surface area contributed by atoms with Gasteiger partial charge in [0.05, 0.1) is 0 Å². The Morgan fingerprint density at radius 3 is 3.13 bits per heavy atom. The van der Waals surface area contributed by atoms with E-state index in [1.807, 2.05) is 6.20 Å². The van der Waals surface area contributed by atoms with Crippen LogP contribution >= 0.6 is 0 Å². The number of nitrogens with one attached hydrogen (secondary N) is 1. The summed E-state index contributed by atoms with van der Waals surface area (Å²) in [7, 11) is 0. The van der Waals surface area contributed by atoms with Crippen LogP contribution in [0, 0.1) is 5.41 Å². The molecule has 0 radical (unpaired) electrons. The molecular formula is C12H19N3.